The molecule has 2 aromatic carbocycles. The van der Waals surface area contributed by atoms with E-state index in [0.717, 1.165) is 0 Å². The van der Waals surface area contributed by atoms with Crippen molar-refractivity contribution in [3.05, 3.63) is 63.7 Å². The molecule has 0 saturated heterocycles. The SMILES string of the molecule is COc1cccc2c1C(=O)c1ccc(Cl)cc1C2=O. The Bertz CT molecular complexity index is 719. The number of carbonyl (C=O) groups excluding carboxylic acids is 2. The zero-order chi connectivity index (χ0) is 13.6. The summed E-state index contributed by atoms with van der Waals surface area (Å²) in [5.41, 5.74) is 1.40. The summed E-state index contributed by atoms with van der Waals surface area (Å²) in [6.45, 7) is 0. The maximum Gasteiger partial charge on any atom is 0.198 e. The van der Waals surface area contributed by atoms with Crippen LogP contribution in [0, 0.1) is 0 Å². The molecular weight excluding hydrogens is 264 g/mol. The second kappa shape index (κ2) is 4.21. The lowest BCUT2D eigenvalue weighted by Crippen LogP contribution is -2.21. The molecule has 0 fully saturated rings. The van der Waals surface area contributed by atoms with Crippen molar-refractivity contribution in [3.8, 4) is 5.75 Å². The van der Waals surface area contributed by atoms with Crippen LogP contribution in [0.5, 0.6) is 5.75 Å². The van der Waals surface area contributed by atoms with Gasteiger partial charge in [-0.25, -0.2) is 0 Å². The quantitative estimate of drug-likeness (QED) is 0.683. The van der Waals surface area contributed by atoms with E-state index in [0.29, 0.717) is 33.0 Å². The molecule has 1 aliphatic carbocycles. The lowest BCUT2D eigenvalue weighted by Gasteiger charge is -2.19. The van der Waals surface area contributed by atoms with Crippen molar-refractivity contribution in [2.45, 2.75) is 0 Å². The Morgan fingerprint density at radius 2 is 1.74 bits per heavy atom. The summed E-state index contributed by atoms with van der Waals surface area (Å²) < 4.78 is 5.17. The normalized spacial score (nSPS) is 12.9. The van der Waals surface area contributed by atoms with E-state index in [-0.39, 0.29) is 11.6 Å². The van der Waals surface area contributed by atoms with Gasteiger partial charge in [-0.15, -0.1) is 0 Å². The van der Waals surface area contributed by atoms with Crippen molar-refractivity contribution in [2.75, 3.05) is 7.11 Å². The zero-order valence-electron chi connectivity index (χ0n) is 10.1. The topological polar surface area (TPSA) is 43.4 Å². The molecule has 0 unspecified atom stereocenters. The standard InChI is InChI=1S/C15H9ClO3/c1-19-12-4-2-3-10-13(12)15(18)9-6-5-8(16)7-11(9)14(10)17/h2-7H,1H3. The van der Waals surface area contributed by atoms with Crippen molar-refractivity contribution < 1.29 is 14.3 Å². The van der Waals surface area contributed by atoms with Crippen LogP contribution in [-0.4, -0.2) is 18.7 Å². The van der Waals surface area contributed by atoms with Crippen molar-refractivity contribution in [1.29, 1.82) is 0 Å². The van der Waals surface area contributed by atoms with Gasteiger partial charge in [-0.3, -0.25) is 9.59 Å². The minimum atomic E-state index is -0.210. The van der Waals surface area contributed by atoms with Crippen LogP contribution in [0.3, 0.4) is 0 Å². The molecule has 0 saturated carbocycles. The van der Waals surface area contributed by atoms with Gasteiger partial charge >= 0.3 is 0 Å². The average molecular weight is 273 g/mol. The number of fused-ring (bicyclic) bond motifs is 2. The van der Waals surface area contributed by atoms with E-state index >= 15 is 0 Å². The first kappa shape index (κ1) is 11.9. The van der Waals surface area contributed by atoms with Crippen LogP contribution in [0.25, 0.3) is 0 Å². The highest BCUT2D eigenvalue weighted by molar-refractivity contribution is 6.33. The molecule has 0 atom stereocenters. The van der Waals surface area contributed by atoms with Crippen LogP contribution >= 0.6 is 11.6 Å². The van der Waals surface area contributed by atoms with E-state index in [9.17, 15) is 9.59 Å². The molecule has 4 heteroatoms. The number of methoxy groups -OCH3 is 1. The first-order chi connectivity index (χ1) is 9.13. The van der Waals surface area contributed by atoms with Crippen LogP contribution in [0.1, 0.15) is 31.8 Å². The molecule has 3 rings (SSSR count). The lowest BCUT2D eigenvalue weighted by molar-refractivity contribution is 0.0976. The Hall–Kier alpha value is -2.13. The fourth-order valence-corrected chi connectivity index (χ4v) is 2.48. The van der Waals surface area contributed by atoms with Gasteiger partial charge in [0.2, 0.25) is 0 Å². The molecule has 0 N–H and O–H groups in total. The number of ketones is 2. The van der Waals surface area contributed by atoms with Gasteiger partial charge in [-0.1, -0.05) is 23.7 Å². The number of carbonyl (C=O) groups is 2. The smallest absolute Gasteiger partial charge is 0.198 e. The van der Waals surface area contributed by atoms with Crippen molar-refractivity contribution in [3.63, 3.8) is 0 Å². The number of hydrogen-bond acceptors (Lipinski definition) is 3. The highest BCUT2D eigenvalue weighted by atomic mass is 35.5. The average Bonchev–Trinajstić information content (AvgIpc) is 2.43. The first-order valence-electron chi connectivity index (χ1n) is 5.69. The number of hydrogen-bond donors (Lipinski definition) is 0. The molecule has 0 bridgehead atoms. The molecule has 19 heavy (non-hydrogen) atoms. The monoisotopic (exact) mass is 272 g/mol. The number of benzene rings is 2. The molecule has 0 aliphatic heterocycles. The molecule has 0 heterocycles. The fourth-order valence-electron chi connectivity index (χ4n) is 2.31. The predicted molar refractivity (Wildman–Crippen MR) is 71.3 cm³/mol. The fraction of sp³-hybridized carbons (Fsp3) is 0.0667. The summed E-state index contributed by atoms with van der Waals surface area (Å²) in [6, 6.07) is 9.70. The van der Waals surface area contributed by atoms with Gasteiger partial charge in [0.1, 0.15) is 5.75 Å². The Morgan fingerprint density at radius 1 is 0.947 bits per heavy atom. The third-order valence-corrected chi connectivity index (χ3v) is 3.42. The van der Waals surface area contributed by atoms with Gasteiger partial charge in [-0.05, 0) is 24.3 Å². The minimum Gasteiger partial charge on any atom is -0.496 e. The van der Waals surface area contributed by atoms with Gasteiger partial charge in [0.15, 0.2) is 11.6 Å². The molecule has 3 nitrogen and oxygen atoms in total. The Labute approximate surface area is 114 Å². The molecule has 0 aromatic heterocycles. The third-order valence-electron chi connectivity index (χ3n) is 3.19. The van der Waals surface area contributed by atoms with Crippen LogP contribution in [0.15, 0.2) is 36.4 Å². The van der Waals surface area contributed by atoms with Gasteiger partial charge in [0, 0.05) is 21.7 Å². The maximum atomic E-state index is 12.5. The Morgan fingerprint density at radius 3 is 2.47 bits per heavy atom. The molecule has 1 aliphatic rings. The summed E-state index contributed by atoms with van der Waals surface area (Å²) in [6.07, 6.45) is 0. The molecule has 0 amide bonds. The van der Waals surface area contributed by atoms with Gasteiger partial charge in [-0.2, -0.15) is 0 Å². The molecule has 2 aromatic rings. The molecular formula is C15H9ClO3. The maximum absolute atomic E-state index is 12.5. The lowest BCUT2D eigenvalue weighted by atomic mass is 9.83. The van der Waals surface area contributed by atoms with E-state index in [1.54, 1.807) is 30.3 Å². The minimum absolute atomic E-state index is 0.203. The Balaban J connectivity index is 2.32. The van der Waals surface area contributed by atoms with Crippen molar-refractivity contribution >= 4 is 23.2 Å². The van der Waals surface area contributed by atoms with E-state index in [1.165, 1.54) is 13.2 Å². The van der Waals surface area contributed by atoms with Crippen LogP contribution in [-0.2, 0) is 0 Å². The van der Waals surface area contributed by atoms with E-state index in [2.05, 4.69) is 0 Å². The highest BCUT2D eigenvalue weighted by Gasteiger charge is 2.32. The number of ether oxygens (including phenoxy) is 1. The first-order valence-corrected chi connectivity index (χ1v) is 6.07. The predicted octanol–water partition coefficient (Wildman–Crippen LogP) is 3.12. The van der Waals surface area contributed by atoms with Crippen molar-refractivity contribution in [1.82, 2.24) is 0 Å². The van der Waals surface area contributed by atoms with E-state index in [4.69, 9.17) is 16.3 Å². The summed E-state index contributed by atoms with van der Waals surface area (Å²) in [5.74, 6) is 0.00108. The number of rotatable bonds is 1. The van der Waals surface area contributed by atoms with Gasteiger partial charge in [0.05, 0.1) is 12.7 Å². The van der Waals surface area contributed by atoms with Gasteiger partial charge in [0.25, 0.3) is 0 Å². The number of halogens is 1. The van der Waals surface area contributed by atoms with E-state index in [1.807, 2.05) is 0 Å². The second-order valence-corrected chi connectivity index (χ2v) is 4.67. The molecule has 0 spiro atoms. The molecule has 94 valence electrons. The summed E-state index contributed by atoms with van der Waals surface area (Å²) in [4.78, 5) is 24.9. The Kier molecular flexibility index (Phi) is 2.64. The summed E-state index contributed by atoms with van der Waals surface area (Å²) in [5, 5.41) is 0.436. The summed E-state index contributed by atoms with van der Waals surface area (Å²) in [7, 11) is 1.48. The van der Waals surface area contributed by atoms with Crippen LogP contribution in [0.2, 0.25) is 5.02 Å². The van der Waals surface area contributed by atoms with Gasteiger partial charge < -0.3 is 4.74 Å². The van der Waals surface area contributed by atoms with E-state index < -0.39 is 0 Å². The van der Waals surface area contributed by atoms with Crippen LogP contribution < -0.4 is 4.74 Å². The second-order valence-electron chi connectivity index (χ2n) is 4.23. The third kappa shape index (κ3) is 1.66. The highest BCUT2D eigenvalue weighted by Crippen LogP contribution is 2.33. The molecule has 0 radical (unpaired) electrons. The van der Waals surface area contributed by atoms with Crippen LogP contribution in [0.4, 0.5) is 0 Å². The largest absolute Gasteiger partial charge is 0.496 e. The van der Waals surface area contributed by atoms with Crippen molar-refractivity contribution in [2.24, 2.45) is 0 Å². The summed E-state index contributed by atoms with van der Waals surface area (Å²) >= 11 is 5.89. The zero-order valence-corrected chi connectivity index (χ0v) is 10.8.